The number of benzene rings is 1. The molecule has 0 saturated heterocycles. The standard InChI is InChI=1S/C21H30N2O/c1-2-3-4-5-6-7-8-9-10-11-18-16-22-21(23-17-18)19-12-14-20(24)15-13-19/h12-17,24H,2-11H2,1H3. The van der Waals surface area contributed by atoms with Crippen molar-refractivity contribution < 1.29 is 5.11 Å². The predicted molar refractivity (Wildman–Crippen MR) is 100 cm³/mol. The number of rotatable bonds is 11. The number of hydrogen-bond acceptors (Lipinski definition) is 3. The highest BCUT2D eigenvalue weighted by Gasteiger charge is 2.02. The van der Waals surface area contributed by atoms with Gasteiger partial charge in [-0.2, -0.15) is 0 Å². The smallest absolute Gasteiger partial charge is 0.159 e. The maximum atomic E-state index is 9.32. The van der Waals surface area contributed by atoms with Gasteiger partial charge in [0.15, 0.2) is 5.82 Å². The van der Waals surface area contributed by atoms with Crippen molar-refractivity contribution in [1.29, 1.82) is 0 Å². The van der Waals surface area contributed by atoms with Crippen LogP contribution in [0.25, 0.3) is 11.4 Å². The number of unbranched alkanes of at least 4 members (excludes halogenated alkanes) is 8. The largest absolute Gasteiger partial charge is 0.508 e. The zero-order chi connectivity index (χ0) is 17.0. The maximum absolute atomic E-state index is 9.32. The van der Waals surface area contributed by atoms with Gasteiger partial charge in [0.25, 0.3) is 0 Å². The molecule has 1 N–H and O–H groups in total. The molecule has 0 aliphatic rings. The highest BCUT2D eigenvalue weighted by Crippen LogP contribution is 2.18. The van der Waals surface area contributed by atoms with E-state index < -0.39 is 0 Å². The molecule has 130 valence electrons. The topological polar surface area (TPSA) is 46.0 Å². The van der Waals surface area contributed by atoms with Crippen LogP contribution in [0.5, 0.6) is 5.75 Å². The van der Waals surface area contributed by atoms with Crippen LogP contribution in [-0.4, -0.2) is 15.1 Å². The number of aryl methyl sites for hydroxylation is 1. The Morgan fingerprint density at radius 1 is 0.750 bits per heavy atom. The van der Waals surface area contributed by atoms with E-state index in [1.165, 1.54) is 63.4 Å². The summed E-state index contributed by atoms with van der Waals surface area (Å²) in [4.78, 5) is 8.89. The van der Waals surface area contributed by atoms with E-state index in [4.69, 9.17) is 0 Å². The fourth-order valence-electron chi connectivity index (χ4n) is 2.88. The van der Waals surface area contributed by atoms with E-state index in [-0.39, 0.29) is 5.75 Å². The third-order valence-electron chi connectivity index (χ3n) is 4.40. The predicted octanol–water partition coefficient (Wildman–Crippen LogP) is 5.92. The molecule has 0 radical (unpaired) electrons. The van der Waals surface area contributed by atoms with Gasteiger partial charge in [0, 0.05) is 18.0 Å². The summed E-state index contributed by atoms with van der Waals surface area (Å²) in [6.45, 7) is 2.26. The SMILES string of the molecule is CCCCCCCCCCCc1cnc(-c2ccc(O)cc2)nc1. The van der Waals surface area contributed by atoms with Crippen molar-refractivity contribution in [3.05, 3.63) is 42.2 Å². The fourth-order valence-corrected chi connectivity index (χ4v) is 2.88. The second kappa shape index (κ2) is 10.8. The van der Waals surface area contributed by atoms with Gasteiger partial charge in [-0.1, -0.05) is 58.3 Å². The Kier molecular flexibility index (Phi) is 8.29. The molecule has 3 nitrogen and oxygen atoms in total. The second-order valence-electron chi connectivity index (χ2n) is 6.54. The lowest BCUT2D eigenvalue weighted by atomic mass is 10.1. The van der Waals surface area contributed by atoms with Crippen molar-refractivity contribution in [3.8, 4) is 17.1 Å². The molecule has 0 bridgehead atoms. The Hall–Kier alpha value is -1.90. The van der Waals surface area contributed by atoms with Crippen LogP contribution in [0, 0.1) is 0 Å². The molecule has 0 aliphatic carbocycles. The molecule has 1 heterocycles. The Morgan fingerprint density at radius 3 is 1.88 bits per heavy atom. The molecule has 0 fully saturated rings. The Balaban J connectivity index is 1.63. The van der Waals surface area contributed by atoms with Crippen LogP contribution < -0.4 is 0 Å². The molecule has 0 spiro atoms. The molecule has 1 aromatic carbocycles. The van der Waals surface area contributed by atoms with Crippen LogP contribution in [0.3, 0.4) is 0 Å². The molecule has 0 amide bonds. The van der Waals surface area contributed by atoms with E-state index in [1.807, 2.05) is 24.5 Å². The summed E-state index contributed by atoms with van der Waals surface area (Å²) >= 11 is 0. The van der Waals surface area contributed by atoms with E-state index >= 15 is 0 Å². The number of aromatic hydroxyl groups is 1. The van der Waals surface area contributed by atoms with Crippen molar-refractivity contribution >= 4 is 0 Å². The molecule has 24 heavy (non-hydrogen) atoms. The summed E-state index contributed by atoms with van der Waals surface area (Å²) < 4.78 is 0. The highest BCUT2D eigenvalue weighted by atomic mass is 16.3. The van der Waals surface area contributed by atoms with Gasteiger partial charge in [-0.3, -0.25) is 0 Å². The lowest BCUT2D eigenvalue weighted by molar-refractivity contribution is 0.475. The molecule has 0 saturated carbocycles. The van der Waals surface area contributed by atoms with Gasteiger partial charge >= 0.3 is 0 Å². The summed E-state index contributed by atoms with van der Waals surface area (Å²) in [5, 5.41) is 9.32. The first-order valence-electron chi connectivity index (χ1n) is 9.40. The highest BCUT2D eigenvalue weighted by molar-refractivity contribution is 5.55. The Labute approximate surface area is 146 Å². The fraction of sp³-hybridized carbons (Fsp3) is 0.524. The van der Waals surface area contributed by atoms with Crippen molar-refractivity contribution in [2.45, 2.75) is 71.1 Å². The van der Waals surface area contributed by atoms with E-state index in [2.05, 4.69) is 16.9 Å². The van der Waals surface area contributed by atoms with Crippen LogP contribution in [0.2, 0.25) is 0 Å². The Bertz CT molecular complexity index is 563. The average Bonchev–Trinajstić information content (AvgIpc) is 2.62. The molecule has 1 aromatic heterocycles. The third-order valence-corrected chi connectivity index (χ3v) is 4.40. The molecular formula is C21H30N2O. The summed E-state index contributed by atoms with van der Waals surface area (Å²) in [7, 11) is 0. The number of nitrogens with zero attached hydrogens (tertiary/aromatic N) is 2. The Morgan fingerprint density at radius 2 is 1.29 bits per heavy atom. The van der Waals surface area contributed by atoms with Crippen LogP contribution in [0.15, 0.2) is 36.7 Å². The quantitative estimate of drug-likeness (QED) is 0.521. The molecule has 0 unspecified atom stereocenters. The first-order valence-corrected chi connectivity index (χ1v) is 9.40. The van der Waals surface area contributed by atoms with E-state index in [9.17, 15) is 5.11 Å². The van der Waals surface area contributed by atoms with E-state index in [1.54, 1.807) is 12.1 Å². The van der Waals surface area contributed by atoms with Gasteiger partial charge in [-0.15, -0.1) is 0 Å². The second-order valence-corrected chi connectivity index (χ2v) is 6.54. The van der Waals surface area contributed by atoms with E-state index in [0.29, 0.717) is 5.82 Å². The van der Waals surface area contributed by atoms with Gasteiger partial charge < -0.3 is 5.11 Å². The van der Waals surface area contributed by atoms with Gasteiger partial charge in [-0.05, 0) is 42.7 Å². The molecule has 2 aromatic rings. The molecule has 2 rings (SSSR count). The number of aromatic nitrogens is 2. The van der Waals surface area contributed by atoms with Gasteiger partial charge in [-0.25, -0.2) is 9.97 Å². The zero-order valence-corrected chi connectivity index (χ0v) is 14.9. The summed E-state index contributed by atoms with van der Waals surface area (Å²) in [5.41, 5.74) is 2.14. The van der Waals surface area contributed by atoms with Crippen LogP contribution in [0.4, 0.5) is 0 Å². The third kappa shape index (κ3) is 6.69. The van der Waals surface area contributed by atoms with Gasteiger partial charge in [0.1, 0.15) is 5.75 Å². The summed E-state index contributed by atoms with van der Waals surface area (Å²) in [6.07, 6.45) is 17.1. The zero-order valence-electron chi connectivity index (χ0n) is 14.9. The first kappa shape index (κ1) is 18.4. The number of phenols is 1. The van der Waals surface area contributed by atoms with Crippen LogP contribution in [-0.2, 0) is 6.42 Å². The molecule has 0 atom stereocenters. The van der Waals surface area contributed by atoms with Crippen molar-refractivity contribution in [3.63, 3.8) is 0 Å². The lowest BCUT2D eigenvalue weighted by Gasteiger charge is -2.04. The average molecular weight is 326 g/mol. The lowest BCUT2D eigenvalue weighted by Crippen LogP contribution is -1.93. The van der Waals surface area contributed by atoms with Crippen molar-refractivity contribution in [2.75, 3.05) is 0 Å². The number of hydrogen-bond donors (Lipinski definition) is 1. The van der Waals surface area contributed by atoms with Gasteiger partial charge in [0.2, 0.25) is 0 Å². The van der Waals surface area contributed by atoms with Crippen LogP contribution >= 0.6 is 0 Å². The van der Waals surface area contributed by atoms with Gasteiger partial charge in [0.05, 0.1) is 0 Å². The van der Waals surface area contributed by atoms with Crippen LogP contribution in [0.1, 0.15) is 70.3 Å². The van der Waals surface area contributed by atoms with Crippen molar-refractivity contribution in [1.82, 2.24) is 9.97 Å². The minimum atomic E-state index is 0.265. The first-order chi connectivity index (χ1) is 11.8. The minimum absolute atomic E-state index is 0.265. The number of phenolic OH excluding ortho intramolecular Hbond substituents is 1. The molecule has 0 aliphatic heterocycles. The monoisotopic (exact) mass is 326 g/mol. The van der Waals surface area contributed by atoms with E-state index in [0.717, 1.165) is 12.0 Å². The maximum Gasteiger partial charge on any atom is 0.159 e. The normalized spacial score (nSPS) is 10.9. The molecular weight excluding hydrogens is 296 g/mol. The molecule has 3 heteroatoms. The van der Waals surface area contributed by atoms with Crippen molar-refractivity contribution in [2.24, 2.45) is 0 Å². The summed E-state index contributed by atoms with van der Waals surface area (Å²) in [6, 6.07) is 7.00. The minimum Gasteiger partial charge on any atom is -0.508 e. The summed E-state index contributed by atoms with van der Waals surface area (Å²) in [5.74, 6) is 0.978.